The van der Waals surface area contributed by atoms with Crippen LogP contribution in [0.3, 0.4) is 0 Å². The molecule has 5 rings (SSSR count). The minimum Gasteiger partial charge on any atom is -0.497 e. The van der Waals surface area contributed by atoms with Gasteiger partial charge in [0.15, 0.2) is 11.5 Å². The van der Waals surface area contributed by atoms with Gasteiger partial charge in [-0.3, -0.25) is 14.5 Å². The highest BCUT2D eigenvalue weighted by molar-refractivity contribution is 8.18. The van der Waals surface area contributed by atoms with Crippen LogP contribution in [-0.2, 0) is 11.3 Å². The normalized spacial score (nSPS) is 16.1. The van der Waals surface area contributed by atoms with Gasteiger partial charge in [0.2, 0.25) is 6.79 Å². The average molecular weight is 480 g/mol. The monoisotopic (exact) mass is 479 g/mol. The number of methoxy groups -OCH3 is 1. The fraction of sp³-hybridized carbons (Fsp3) is 0.120. The van der Waals surface area contributed by atoms with Crippen molar-refractivity contribution >= 4 is 40.6 Å². The van der Waals surface area contributed by atoms with Crippen LogP contribution in [0.2, 0.25) is 5.02 Å². The molecule has 2 aliphatic heterocycles. The quantitative estimate of drug-likeness (QED) is 0.419. The van der Waals surface area contributed by atoms with Crippen molar-refractivity contribution in [3.05, 3.63) is 81.7 Å². The van der Waals surface area contributed by atoms with Gasteiger partial charge in [0.05, 0.1) is 18.6 Å². The number of halogens is 1. The third-order valence-electron chi connectivity index (χ3n) is 5.33. The summed E-state index contributed by atoms with van der Waals surface area (Å²) in [6.07, 6.45) is 1.73. The summed E-state index contributed by atoms with van der Waals surface area (Å²) in [6.45, 7) is 0.176. The van der Waals surface area contributed by atoms with Crippen molar-refractivity contribution in [3.8, 4) is 28.4 Å². The lowest BCUT2D eigenvalue weighted by Crippen LogP contribution is -2.27. The number of carbonyl (C=O) groups is 2. The van der Waals surface area contributed by atoms with Gasteiger partial charge in [-0.2, -0.15) is 0 Å². The number of ether oxygens (including phenoxy) is 3. The zero-order chi connectivity index (χ0) is 22.9. The molecule has 0 unspecified atom stereocenters. The van der Waals surface area contributed by atoms with Gasteiger partial charge in [-0.25, -0.2) is 0 Å². The van der Waals surface area contributed by atoms with Gasteiger partial charge in [0.1, 0.15) is 5.75 Å². The maximum absolute atomic E-state index is 13.0. The van der Waals surface area contributed by atoms with E-state index in [-0.39, 0.29) is 24.5 Å². The third-order valence-corrected chi connectivity index (χ3v) is 6.59. The predicted octanol–water partition coefficient (Wildman–Crippen LogP) is 5.98. The van der Waals surface area contributed by atoms with Crippen LogP contribution in [0, 0.1) is 0 Å². The van der Waals surface area contributed by atoms with E-state index >= 15 is 0 Å². The molecule has 2 aliphatic rings. The van der Waals surface area contributed by atoms with E-state index in [2.05, 4.69) is 0 Å². The summed E-state index contributed by atoms with van der Waals surface area (Å²) < 4.78 is 16.0. The van der Waals surface area contributed by atoms with Gasteiger partial charge in [0, 0.05) is 11.1 Å². The van der Waals surface area contributed by atoms with Gasteiger partial charge < -0.3 is 14.2 Å². The number of amides is 2. The van der Waals surface area contributed by atoms with Gasteiger partial charge in [-0.05, 0) is 64.4 Å². The van der Waals surface area contributed by atoms with E-state index < -0.39 is 0 Å². The first kappa shape index (κ1) is 21.4. The van der Waals surface area contributed by atoms with E-state index in [1.807, 2.05) is 48.5 Å². The van der Waals surface area contributed by atoms with E-state index in [0.29, 0.717) is 27.0 Å². The number of imide groups is 1. The van der Waals surface area contributed by atoms with Gasteiger partial charge in [0.25, 0.3) is 11.1 Å². The third kappa shape index (κ3) is 4.29. The van der Waals surface area contributed by atoms with Crippen LogP contribution in [0.15, 0.2) is 65.6 Å². The van der Waals surface area contributed by atoms with Crippen LogP contribution in [0.25, 0.3) is 17.2 Å². The molecule has 8 heteroatoms. The van der Waals surface area contributed by atoms with Crippen molar-refractivity contribution in [1.82, 2.24) is 4.90 Å². The number of hydrogen-bond donors (Lipinski definition) is 0. The predicted molar refractivity (Wildman–Crippen MR) is 128 cm³/mol. The Morgan fingerprint density at radius 2 is 1.76 bits per heavy atom. The van der Waals surface area contributed by atoms with Crippen molar-refractivity contribution in [2.75, 3.05) is 13.9 Å². The topological polar surface area (TPSA) is 65.1 Å². The van der Waals surface area contributed by atoms with Gasteiger partial charge >= 0.3 is 0 Å². The van der Waals surface area contributed by atoms with Crippen LogP contribution in [0.1, 0.15) is 11.1 Å². The van der Waals surface area contributed by atoms with Crippen molar-refractivity contribution in [3.63, 3.8) is 0 Å². The summed E-state index contributed by atoms with van der Waals surface area (Å²) in [4.78, 5) is 27.2. The zero-order valence-electron chi connectivity index (χ0n) is 17.5. The van der Waals surface area contributed by atoms with E-state index in [1.54, 1.807) is 25.3 Å². The van der Waals surface area contributed by atoms with Gasteiger partial charge in [-0.1, -0.05) is 41.9 Å². The molecule has 0 N–H and O–H groups in total. The lowest BCUT2D eigenvalue weighted by molar-refractivity contribution is -0.123. The Hall–Kier alpha value is -3.42. The SMILES string of the molecule is COc1cccc(-c2cccc(C=C3SC(=O)N(Cc4cc5c(cc4Cl)OCO5)C3=O)c2)c1. The Balaban J connectivity index is 1.38. The van der Waals surface area contributed by atoms with E-state index in [0.717, 1.165) is 34.2 Å². The van der Waals surface area contributed by atoms with E-state index in [1.165, 1.54) is 4.90 Å². The molecular formula is C25H18ClNO5S. The second-order valence-corrected chi connectivity index (χ2v) is 8.82. The maximum atomic E-state index is 13.0. The lowest BCUT2D eigenvalue weighted by atomic mass is 10.0. The maximum Gasteiger partial charge on any atom is 0.293 e. The van der Waals surface area contributed by atoms with Crippen LogP contribution in [-0.4, -0.2) is 29.9 Å². The molecule has 0 aromatic heterocycles. The van der Waals surface area contributed by atoms with Crippen LogP contribution in [0.5, 0.6) is 17.2 Å². The Morgan fingerprint density at radius 3 is 2.55 bits per heavy atom. The molecule has 0 saturated carbocycles. The summed E-state index contributed by atoms with van der Waals surface area (Å²) in [5, 5.41) is 0.0669. The van der Waals surface area contributed by atoms with Crippen LogP contribution >= 0.6 is 23.4 Å². The molecule has 1 fully saturated rings. The molecule has 1 saturated heterocycles. The summed E-state index contributed by atoms with van der Waals surface area (Å²) in [6, 6.07) is 18.9. The largest absolute Gasteiger partial charge is 0.497 e. The highest BCUT2D eigenvalue weighted by Crippen LogP contribution is 2.39. The molecule has 0 aliphatic carbocycles. The number of hydrogen-bond acceptors (Lipinski definition) is 6. The standard InChI is InChI=1S/C25H18ClNO5S/c1-30-19-7-3-6-17(10-19)16-5-2-4-15(8-16)9-23-24(28)27(25(29)33-23)13-18-11-21-22(12-20(18)26)32-14-31-21/h2-12H,13-14H2,1H3. The number of benzene rings is 3. The fourth-order valence-electron chi connectivity index (χ4n) is 3.65. The van der Waals surface area contributed by atoms with Crippen molar-refractivity contribution in [1.29, 1.82) is 0 Å². The Bertz CT molecular complexity index is 1310. The molecule has 2 heterocycles. The van der Waals surface area contributed by atoms with Crippen LogP contribution in [0.4, 0.5) is 4.79 Å². The first-order valence-corrected chi connectivity index (χ1v) is 11.3. The number of rotatable bonds is 5. The Kier molecular flexibility index (Phi) is 5.74. The lowest BCUT2D eigenvalue weighted by Gasteiger charge is -2.14. The Morgan fingerprint density at radius 1 is 1.03 bits per heavy atom. The summed E-state index contributed by atoms with van der Waals surface area (Å²) in [5.74, 6) is 1.51. The molecule has 3 aromatic rings. The molecule has 6 nitrogen and oxygen atoms in total. The molecule has 0 spiro atoms. The molecule has 33 heavy (non-hydrogen) atoms. The van der Waals surface area contributed by atoms with Crippen molar-refractivity contribution < 1.29 is 23.8 Å². The van der Waals surface area contributed by atoms with E-state index in [9.17, 15) is 9.59 Å². The number of carbonyl (C=O) groups excluding carboxylic acids is 2. The first-order chi connectivity index (χ1) is 16.0. The molecular weight excluding hydrogens is 462 g/mol. The second kappa shape index (κ2) is 8.84. The molecule has 0 atom stereocenters. The summed E-state index contributed by atoms with van der Waals surface area (Å²) >= 11 is 7.24. The fourth-order valence-corrected chi connectivity index (χ4v) is 4.70. The molecule has 166 valence electrons. The minimum absolute atomic E-state index is 0.0569. The highest BCUT2D eigenvalue weighted by Gasteiger charge is 2.35. The van der Waals surface area contributed by atoms with E-state index in [4.69, 9.17) is 25.8 Å². The van der Waals surface area contributed by atoms with Gasteiger partial charge in [-0.15, -0.1) is 0 Å². The van der Waals surface area contributed by atoms with Crippen molar-refractivity contribution in [2.45, 2.75) is 6.54 Å². The highest BCUT2D eigenvalue weighted by atomic mass is 35.5. The molecule has 0 bridgehead atoms. The molecule has 3 aromatic carbocycles. The minimum atomic E-state index is -0.356. The summed E-state index contributed by atoms with van der Waals surface area (Å²) in [5.41, 5.74) is 3.41. The number of thioether (sulfide) groups is 1. The first-order valence-electron chi connectivity index (χ1n) is 10.1. The second-order valence-electron chi connectivity index (χ2n) is 7.42. The Labute approximate surface area is 199 Å². The smallest absolute Gasteiger partial charge is 0.293 e. The summed E-state index contributed by atoms with van der Waals surface area (Å²) in [7, 11) is 1.63. The number of fused-ring (bicyclic) bond motifs is 1. The zero-order valence-corrected chi connectivity index (χ0v) is 19.1. The van der Waals surface area contributed by atoms with Crippen molar-refractivity contribution in [2.24, 2.45) is 0 Å². The average Bonchev–Trinajstić information content (AvgIpc) is 3.38. The number of nitrogens with zero attached hydrogens (tertiary/aromatic N) is 1. The van der Waals surface area contributed by atoms with Crippen LogP contribution < -0.4 is 14.2 Å². The molecule has 0 radical (unpaired) electrons. The molecule has 2 amide bonds.